The largest absolute Gasteiger partial charge is 0.495 e. The van der Waals surface area contributed by atoms with Crippen molar-refractivity contribution in [2.24, 2.45) is 5.92 Å². The van der Waals surface area contributed by atoms with E-state index in [1.165, 1.54) is 7.11 Å². The van der Waals surface area contributed by atoms with Gasteiger partial charge in [-0.2, -0.15) is 0 Å². The van der Waals surface area contributed by atoms with Crippen molar-refractivity contribution in [1.82, 2.24) is 15.5 Å². The predicted molar refractivity (Wildman–Crippen MR) is 143 cm³/mol. The molecule has 4 N–H and O–H groups in total. The molecular weight excluding hydrogens is 472 g/mol. The molecule has 0 radical (unpaired) electrons. The van der Waals surface area contributed by atoms with Crippen molar-refractivity contribution < 1.29 is 23.9 Å². The Morgan fingerprint density at radius 3 is 2.43 bits per heavy atom. The summed E-state index contributed by atoms with van der Waals surface area (Å²) in [6, 6.07) is 5.14. The number of hydrogen-bond acceptors (Lipinski definition) is 7. The zero-order valence-electron chi connectivity index (χ0n) is 22.8. The third-order valence-corrected chi connectivity index (χ3v) is 7.85. The number of rotatable bonds is 11. The number of piperidine rings is 1. The highest BCUT2D eigenvalue weighted by Gasteiger charge is 2.41. The van der Waals surface area contributed by atoms with Gasteiger partial charge < -0.3 is 30.7 Å². The van der Waals surface area contributed by atoms with Crippen molar-refractivity contribution in [3.63, 3.8) is 0 Å². The lowest BCUT2D eigenvalue weighted by Gasteiger charge is -2.34. The summed E-state index contributed by atoms with van der Waals surface area (Å²) in [5.74, 6) is -0.169. The Kier molecular flexibility index (Phi) is 10.2. The number of nitrogens with zero attached hydrogens (tertiary/aromatic N) is 1. The molecule has 0 aromatic heterocycles. The van der Waals surface area contributed by atoms with Crippen LogP contribution in [-0.4, -0.2) is 67.1 Å². The molecule has 1 atom stereocenters. The first-order chi connectivity index (χ1) is 17.6. The second-order valence-electron chi connectivity index (χ2n) is 10.9. The van der Waals surface area contributed by atoms with E-state index in [4.69, 9.17) is 15.2 Å². The average Bonchev–Trinajstić information content (AvgIpc) is 3.38. The highest BCUT2D eigenvalue weighted by atomic mass is 16.5. The Labute approximate surface area is 220 Å². The Morgan fingerprint density at radius 1 is 1.14 bits per heavy atom. The van der Waals surface area contributed by atoms with Crippen molar-refractivity contribution in [3.05, 3.63) is 23.8 Å². The van der Waals surface area contributed by atoms with Crippen molar-refractivity contribution in [1.29, 1.82) is 0 Å². The number of ether oxygens (including phenoxy) is 2. The second kappa shape index (κ2) is 13.1. The molecule has 0 spiro atoms. The molecule has 1 aromatic carbocycles. The standard InChI is InChI=1S/C28H44N4O5/c1-19(2)28(3,27(35)37-22-8-5-6-9-22)31-25(33)10-7-15-32-16-13-21(14-17-32)30-26(34)20-11-12-23(29)24(18-20)36-4/h11-12,18-19,21-22H,5-10,13-17,29H2,1-4H3,(H,30,34)(H,31,33)/t28-/m0/s1. The van der Waals surface area contributed by atoms with E-state index in [1.54, 1.807) is 25.1 Å². The Bertz CT molecular complexity index is 939. The van der Waals surface area contributed by atoms with Crippen LogP contribution in [0.25, 0.3) is 0 Å². The first-order valence-electron chi connectivity index (χ1n) is 13.6. The minimum absolute atomic E-state index is 0.0236. The fraction of sp³-hybridized carbons (Fsp3) is 0.679. The van der Waals surface area contributed by atoms with Crippen LogP contribution in [0.5, 0.6) is 5.75 Å². The van der Waals surface area contributed by atoms with Gasteiger partial charge in [0.2, 0.25) is 5.91 Å². The number of carbonyl (C=O) groups is 3. The average molecular weight is 517 g/mol. The molecule has 1 saturated heterocycles. The Balaban J connectivity index is 1.38. The maximum atomic E-state index is 12.9. The minimum Gasteiger partial charge on any atom is -0.495 e. The normalized spacial score (nSPS) is 18.8. The van der Waals surface area contributed by atoms with Gasteiger partial charge in [-0.3, -0.25) is 9.59 Å². The number of likely N-dealkylation sites (tertiary alicyclic amines) is 1. The lowest BCUT2D eigenvalue weighted by atomic mass is 9.88. The second-order valence-corrected chi connectivity index (χ2v) is 10.9. The molecule has 1 aliphatic heterocycles. The first-order valence-corrected chi connectivity index (χ1v) is 13.6. The van der Waals surface area contributed by atoms with Gasteiger partial charge in [0.1, 0.15) is 17.4 Å². The first kappa shape index (κ1) is 28.8. The fourth-order valence-corrected chi connectivity index (χ4v) is 4.95. The van der Waals surface area contributed by atoms with Crippen LogP contribution < -0.4 is 21.1 Å². The van der Waals surface area contributed by atoms with Crippen LogP contribution in [0.2, 0.25) is 0 Å². The zero-order chi connectivity index (χ0) is 27.0. The van der Waals surface area contributed by atoms with Gasteiger partial charge in [0, 0.05) is 31.1 Å². The Hall–Kier alpha value is -2.81. The number of methoxy groups -OCH3 is 1. The van der Waals surface area contributed by atoms with E-state index in [0.717, 1.165) is 58.2 Å². The smallest absolute Gasteiger partial charge is 0.332 e. The summed E-state index contributed by atoms with van der Waals surface area (Å²) in [4.78, 5) is 40.5. The third kappa shape index (κ3) is 7.84. The number of hydrogen-bond donors (Lipinski definition) is 3. The van der Waals surface area contributed by atoms with Crippen LogP contribution in [0.3, 0.4) is 0 Å². The van der Waals surface area contributed by atoms with E-state index in [0.29, 0.717) is 29.8 Å². The molecular formula is C28H44N4O5. The van der Waals surface area contributed by atoms with Gasteiger partial charge in [-0.05, 0) is 82.5 Å². The van der Waals surface area contributed by atoms with Crippen LogP contribution in [-0.2, 0) is 14.3 Å². The molecule has 3 rings (SSSR count). The van der Waals surface area contributed by atoms with Gasteiger partial charge in [-0.1, -0.05) is 13.8 Å². The van der Waals surface area contributed by atoms with E-state index >= 15 is 0 Å². The molecule has 2 amide bonds. The molecule has 1 heterocycles. The van der Waals surface area contributed by atoms with E-state index in [1.807, 2.05) is 13.8 Å². The van der Waals surface area contributed by atoms with Gasteiger partial charge in [0.15, 0.2) is 0 Å². The van der Waals surface area contributed by atoms with Gasteiger partial charge >= 0.3 is 5.97 Å². The van der Waals surface area contributed by atoms with Crippen LogP contribution in [0, 0.1) is 5.92 Å². The SMILES string of the molecule is COc1cc(C(=O)NC2CCN(CCCC(=O)N[C@](C)(C(=O)OC3CCCC3)C(C)C)CC2)ccc1N. The van der Waals surface area contributed by atoms with Crippen LogP contribution in [0.15, 0.2) is 18.2 Å². The molecule has 0 bridgehead atoms. The molecule has 1 aromatic rings. The molecule has 9 heteroatoms. The van der Waals surface area contributed by atoms with Gasteiger partial charge in [0.05, 0.1) is 12.8 Å². The number of nitrogen functional groups attached to an aromatic ring is 1. The molecule has 1 aliphatic carbocycles. The molecule has 1 saturated carbocycles. The number of benzene rings is 1. The summed E-state index contributed by atoms with van der Waals surface area (Å²) in [5.41, 5.74) is 5.84. The van der Waals surface area contributed by atoms with E-state index in [-0.39, 0.29) is 35.8 Å². The fourth-order valence-electron chi connectivity index (χ4n) is 4.95. The van der Waals surface area contributed by atoms with Crippen molar-refractivity contribution in [3.8, 4) is 5.75 Å². The summed E-state index contributed by atoms with van der Waals surface area (Å²) in [7, 11) is 1.53. The molecule has 2 fully saturated rings. The molecule has 206 valence electrons. The van der Waals surface area contributed by atoms with Gasteiger partial charge in [-0.15, -0.1) is 0 Å². The number of nitrogens with two attached hydrogens (primary N) is 1. The van der Waals surface area contributed by atoms with E-state index in [2.05, 4.69) is 15.5 Å². The molecule has 2 aliphatic rings. The number of carbonyl (C=O) groups excluding carboxylic acids is 3. The number of nitrogens with one attached hydrogen (secondary N) is 2. The lowest BCUT2D eigenvalue weighted by Crippen LogP contribution is -2.57. The number of amides is 2. The maximum Gasteiger partial charge on any atom is 0.332 e. The van der Waals surface area contributed by atoms with Gasteiger partial charge in [0.25, 0.3) is 5.91 Å². The third-order valence-electron chi connectivity index (χ3n) is 7.85. The van der Waals surface area contributed by atoms with Gasteiger partial charge in [-0.25, -0.2) is 4.79 Å². The highest BCUT2D eigenvalue weighted by Crippen LogP contribution is 2.26. The molecule has 0 unspecified atom stereocenters. The molecule has 9 nitrogen and oxygen atoms in total. The summed E-state index contributed by atoms with van der Waals surface area (Å²) in [5, 5.41) is 6.07. The minimum atomic E-state index is -1.02. The number of esters is 1. The lowest BCUT2D eigenvalue weighted by molar-refractivity contribution is -0.160. The molecule has 37 heavy (non-hydrogen) atoms. The van der Waals surface area contributed by atoms with Crippen molar-refractivity contribution in [2.75, 3.05) is 32.5 Å². The van der Waals surface area contributed by atoms with Crippen molar-refractivity contribution >= 4 is 23.5 Å². The van der Waals surface area contributed by atoms with Crippen LogP contribution in [0.1, 0.15) is 82.5 Å². The quantitative estimate of drug-likeness (QED) is 0.305. The van der Waals surface area contributed by atoms with Crippen LogP contribution >= 0.6 is 0 Å². The topological polar surface area (TPSA) is 123 Å². The number of anilines is 1. The maximum absolute atomic E-state index is 12.9. The van der Waals surface area contributed by atoms with Crippen LogP contribution in [0.4, 0.5) is 5.69 Å². The summed E-state index contributed by atoms with van der Waals surface area (Å²) >= 11 is 0. The van der Waals surface area contributed by atoms with E-state index < -0.39 is 5.54 Å². The predicted octanol–water partition coefficient (Wildman–Crippen LogP) is 3.27. The van der Waals surface area contributed by atoms with E-state index in [9.17, 15) is 14.4 Å². The summed E-state index contributed by atoms with van der Waals surface area (Å²) in [6.07, 6.45) is 6.73. The summed E-state index contributed by atoms with van der Waals surface area (Å²) < 4.78 is 10.9. The zero-order valence-corrected chi connectivity index (χ0v) is 22.8. The van der Waals surface area contributed by atoms with Crippen molar-refractivity contribution in [2.45, 2.75) is 89.8 Å². The monoisotopic (exact) mass is 516 g/mol. The Morgan fingerprint density at radius 2 is 1.81 bits per heavy atom. The summed E-state index contributed by atoms with van der Waals surface area (Å²) in [6.45, 7) is 8.15. The highest BCUT2D eigenvalue weighted by molar-refractivity contribution is 5.95.